The van der Waals surface area contributed by atoms with E-state index >= 15 is 0 Å². The summed E-state index contributed by atoms with van der Waals surface area (Å²) in [6, 6.07) is 4.43. The summed E-state index contributed by atoms with van der Waals surface area (Å²) in [6.07, 6.45) is 3.38. The second-order valence-corrected chi connectivity index (χ2v) is 7.29. The van der Waals surface area contributed by atoms with E-state index in [0.717, 1.165) is 25.8 Å². The van der Waals surface area contributed by atoms with Crippen LogP contribution in [0.5, 0.6) is 0 Å². The van der Waals surface area contributed by atoms with E-state index in [-0.39, 0.29) is 30.3 Å². The fraction of sp³-hybridized carbons (Fsp3) is 0.529. The van der Waals surface area contributed by atoms with E-state index in [2.05, 4.69) is 0 Å². The molecule has 2 heterocycles. The molecule has 1 aromatic carbocycles. The van der Waals surface area contributed by atoms with Crippen LogP contribution in [0.4, 0.5) is 0 Å². The molecule has 1 aromatic rings. The van der Waals surface area contributed by atoms with Crippen molar-refractivity contribution in [2.24, 2.45) is 5.73 Å². The van der Waals surface area contributed by atoms with Crippen LogP contribution < -0.4 is 5.73 Å². The van der Waals surface area contributed by atoms with Crippen molar-refractivity contribution >= 4 is 47.4 Å². The highest BCUT2D eigenvalue weighted by molar-refractivity contribution is 6.42. The number of halogens is 3. The fourth-order valence-corrected chi connectivity index (χ4v) is 3.78. The number of carbonyl (C=O) groups is 2. The molecule has 5 nitrogen and oxygen atoms in total. The predicted octanol–water partition coefficient (Wildman–Crippen LogP) is 2.97. The molecule has 2 unspecified atom stereocenters. The minimum absolute atomic E-state index is 0. The number of benzene rings is 1. The van der Waals surface area contributed by atoms with Gasteiger partial charge in [0.15, 0.2) is 0 Å². The van der Waals surface area contributed by atoms with Gasteiger partial charge in [-0.25, -0.2) is 0 Å². The third-order valence-corrected chi connectivity index (χ3v) is 5.47. The number of nitrogens with two attached hydrogens (primary N) is 1. The number of rotatable bonds is 2. The SMILES string of the molecule is Cl.NC1CCCN(C(=O)C2CCCN2C(=O)c2ccc(Cl)c(Cl)c2)C1. The van der Waals surface area contributed by atoms with Gasteiger partial charge in [-0.15, -0.1) is 12.4 Å². The molecule has 2 N–H and O–H groups in total. The minimum atomic E-state index is -0.405. The van der Waals surface area contributed by atoms with E-state index in [0.29, 0.717) is 35.1 Å². The summed E-state index contributed by atoms with van der Waals surface area (Å²) < 4.78 is 0. The van der Waals surface area contributed by atoms with E-state index in [1.807, 2.05) is 0 Å². The van der Waals surface area contributed by atoms with Gasteiger partial charge in [0, 0.05) is 31.2 Å². The second kappa shape index (κ2) is 8.58. The van der Waals surface area contributed by atoms with Crippen LogP contribution in [-0.2, 0) is 4.79 Å². The molecular formula is C17H22Cl3N3O2. The van der Waals surface area contributed by atoms with Gasteiger partial charge in [-0.2, -0.15) is 0 Å². The lowest BCUT2D eigenvalue weighted by molar-refractivity contribution is -0.136. The predicted molar refractivity (Wildman–Crippen MR) is 102 cm³/mol. The molecule has 0 aromatic heterocycles. The smallest absolute Gasteiger partial charge is 0.254 e. The van der Waals surface area contributed by atoms with Crippen molar-refractivity contribution in [3.05, 3.63) is 33.8 Å². The number of piperidine rings is 1. The Bertz CT molecular complexity index is 656. The van der Waals surface area contributed by atoms with E-state index in [1.165, 1.54) is 0 Å². The maximum absolute atomic E-state index is 12.8. The molecule has 0 spiro atoms. The minimum Gasteiger partial charge on any atom is -0.339 e. The maximum atomic E-state index is 12.8. The van der Waals surface area contributed by atoms with Gasteiger partial charge in [-0.05, 0) is 43.9 Å². The maximum Gasteiger partial charge on any atom is 0.254 e. The highest BCUT2D eigenvalue weighted by Crippen LogP contribution is 2.27. The Kier molecular flexibility index (Phi) is 6.97. The van der Waals surface area contributed by atoms with E-state index in [9.17, 15) is 9.59 Å². The molecule has 8 heteroatoms. The van der Waals surface area contributed by atoms with Crippen LogP contribution in [0, 0.1) is 0 Å². The molecule has 2 aliphatic heterocycles. The lowest BCUT2D eigenvalue weighted by Crippen LogP contribution is -2.53. The molecule has 2 atom stereocenters. The molecule has 2 fully saturated rings. The summed E-state index contributed by atoms with van der Waals surface area (Å²) in [5.74, 6) is -0.165. The van der Waals surface area contributed by atoms with Crippen molar-refractivity contribution in [2.75, 3.05) is 19.6 Å². The van der Waals surface area contributed by atoms with Crippen molar-refractivity contribution < 1.29 is 9.59 Å². The van der Waals surface area contributed by atoms with Crippen molar-refractivity contribution in [1.29, 1.82) is 0 Å². The number of likely N-dealkylation sites (tertiary alicyclic amines) is 2. The first-order chi connectivity index (χ1) is 11.5. The van der Waals surface area contributed by atoms with Crippen LogP contribution >= 0.6 is 35.6 Å². The Balaban J connectivity index is 0.00000225. The Morgan fingerprint density at radius 1 is 1.08 bits per heavy atom. The summed E-state index contributed by atoms with van der Waals surface area (Å²) in [4.78, 5) is 29.1. The van der Waals surface area contributed by atoms with E-state index < -0.39 is 6.04 Å². The summed E-state index contributed by atoms with van der Waals surface area (Å²) in [7, 11) is 0. The van der Waals surface area contributed by atoms with Crippen LogP contribution in [0.3, 0.4) is 0 Å². The fourth-order valence-electron chi connectivity index (χ4n) is 3.48. The first-order valence-corrected chi connectivity index (χ1v) is 9.03. The molecule has 0 radical (unpaired) electrons. The van der Waals surface area contributed by atoms with Crippen LogP contribution in [-0.4, -0.2) is 53.3 Å². The Morgan fingerprint density at radius 2 is 1.80 bits per heavy atom. The van der Waals surface area contributed by atoms with Gasteiger partial charge >= 0.3 is 0 Å². The van der Waals surface area contributed by atoms with E-state index in [4.69, 9.17) is 28.9 Å². The van der Waals surface area contributed by atoms with Crippen LogP contribution in [0.15, 0.2) is 18.2 Å². The molecule has 3 rings (SSSR count). The molecular weight excluding hydrogens is 385 g/mol. The molecule has 0 bridgehead atoms. The number of carbonyl (C=O) groups excluding carboxylic acids is 2. The van der Waals surface area contributed by atoms with Gasteiger partial charge in [0.05, 0.1) is 10.0 Å². The first-order valence-electron chi connectivity index (χ1n) is 8.28. The third-order valence-electron chi connectivity index (χ3n) is 4.73. The van der Waals surface area contributed by atoms with Gasteiger partial charge in [-0.3, -0.25) is 9.59 Å². The zero-order valence-corrected chi connectivity index (χ0v) is 16.1. The number of hydrogen-bond donors (Lipinski definition) is 1. The molecule has 25 heavy (non-hydrogen) atoms. The Labute approximate surface area is 163 Å². The van der Waals surface area contributed by atoms with Gasteiger partial charge in [0.2, 0.25) is 5.91 Å². The van der Waals surface area contributed by atoms with Crippen LogP contribution in [0.2, 0.25) is 10.0 Å². The number of hydrogen-bond acceptors (Lipinski definition) is 3. The summed E-state index contributed by atoms with van der Waals surface area (Å²) in [6.45, 7) is 1.87. The summed E-state index contributed by atoms with van der Waals surface area (Å²) in [5.41, 5.74) is 6.43. The quantitative estimate of drug-likeness (QED) is 0.821. The van der Waals surface area contributed by atoms with Crippen molar-refractivity contribution in [2.45, 2.75) is 37.8 Å². The highest BCUT2D eigenvalue weighted by Gasteiger charge is 2.37. The largest absolute Gasteiger partial charge is 0.339 e. The first kappa shape index (κ1) is 20.3. The van der Waals surface area contributed by atoms with Gasteiger partial charge in [0.1, 0.15) is 6.04 Å². The second-order valence-electron chi connectivity index (χ2n) is 6.47. The monoisotopic (exact) mass is 405 g/mol. The van der Waals surface area contributed by atoms with Crippen molar-refractivity contribution in [1.82, 2.24) is 9.80 Å². The molecule has 0 aliphatic carbocycles. The number of amides is 2. The lowest BCUT2D eigenvalue weighted by atomic mass is 10.0. The highest BCUT2D eigenvalue weighted by atomic mass is 35.5. The molecule has 2 saturated heterocycles. The topological polar surface area (TPSA) is 66.6 Å². The van der Waals surface area contributed by atoms with Gasteiger partial charge in [-0.1, -0.05) is 23.2 Å². The lowest BCUT2D eigenvalue weighted by Gasteiger charge is -2.35. The summed E-state index contributed by atoms with van der Waals surface area (Å²) in [5, 5.41) is 0.746. The van der Waals surface area contributed by atoms with Gasteiger partial charge < -0.3 is 15.5 Å². The number of nitrogens with zero attached hydrogens (tertiary/aromatic N) is 2. The molecule has 2 aliphatic rings. The average Bonchev–Trinajstić information content (AvgIpc) is 3.05. The van der Waals surface area contributed by atoms with E-state index in [1.54, 1.807) is 28.0 Å². The molecule has 0 saturated carbocycles. The normalized spacial score (nSPS) is 23.3. The Hall–Kier alpha value is -1.01. The Morgan fingerprint density at radius 3 is 2.48 bits per heavy atom. The average molecular weight is 407 g/mol. The third kappa shape index (κ3) is 4.40. The zero-order chi connectivity index (χ0) is 17.3. The van der Waals surface area contributed by atoms with Crippen LogP contribution in [0.1, 0.15) is 36.0 Å². The molecule has 138 valence electrons. The van der Waals surface area contributed by atoms with Crippen molar-refractivity contribution in [3.8, 4) is 0 Å². The zero-order valence-electron chi connectivity index (χ0n) is 13.8. The standard InChI is InChI=1S/C17H21Cl2N3O2.ClH/c18-13-6-5-11(9-14(13)19)16(23)22-8-2-4-15(22)17(24)21-7-1-3-12(20)10-21;/h5-6,9,12,15H,1-4,7-8,10,20H2;1H. The van der Waals surface area contributed by atoms with Crippen molar-refractivity contribution in [3.63, 3.8) is 0 Å². The summed E-state index contributed by atoms with van der Waals surface area (Å²) >= 11 is 11.9. The molecule has 2 amide bonds. The van der Waals surface area contributed by atoms with Crippen LogP contribution in [0.25, 0.3) is 0 Å². The van der Waals surface area contributed by atoms with Gasteiger partial charge in [0.25, 0.3) is 5.91 Å².